The van der Waals surface area contributed by atoms with Crippen LogP contribution in [-0.4, -0.2) is 35.0 Å². The standard InChI is InChI=1S/C26H24ClN3O4/c1-3-30-22-11-7-5-8-18(22)20-14-17(12-13-23(20)30)29-24(31)15-34-26(33)16(2)28-25(32)19-9-4-6-10-21(19)27/h4-14,16H,3,15H2,1-2H3,(H,28,32)(H,29,31)/t16-/m1/s1. The highest BCUT2D eigenvalue weighted by molar-refractivity contribution is 6.33. The number of rotatable bonds is 7. The maximum absolute atomic E-state index is 12.4. The zero-order valence-corrected chi connectivity index (χ0v) is 19.6. The molecule has 0 fully saturated rings. The van der Waals surface area contributed by atoms with Crippen LogP contribution in [0.1, 0.15) is 24.2 Å². The van der Waals surface area contributed by atoms with Crippen molar-refractivity contribution in [2.75, 3.05) is 11.9 Å². The van der Waals surface area contributed by atoms with Crippen LogP contribution in [0, 0.1) is 0 Å². The summed E-state index contributed by atoms with van der Waals surface area (Å²) in [6.45, 7) is 3.93. The molecule has 1 atom stereocenters. The number of hydrogen-bond acceptors (Lipinski definition) is 4. The SMILES string of the molecule is CCn1c2ccccc2c2cc(NC(=O)COC(=O)[C@@H](C)NC(=O)c3ccccc3Cl)ccc21. The quantitative estimate of drug-likeness (QED) is 0.375. The third-order valence-electron chi connectivity index (χ3n) is 5.54. The first-order chi connectivity index (χ1) is 16.4. The van der Waals surface area contributed by atoms with Crippen molar-refractivity contribution in [3.05, 3.63) is 77.3 Å². The predicted molar refractivity (Wildman–Crippen MR) is 133 cm³/mol. The number of nitrogens with zero attached hydrogens (tertiary/aromatic N) is 1. The smallest absolute Gasteiger partial charge is 0.328 e. The average Bonchev–Trinajstić information content (AvgIpc) is 3.15. The van der Waals surface area contributed by atoms with Gasteiger partial charge in [0.05, 0.1) is 10.6 Å². The summed E-state index contributed by atoms with van der Waals surface area (Å²) in [5.41, 5.74) is 3.07. The summed E-state index contributed by atoms with van der Waals surface area (Å²) in [5.74, 6) is -1.70. The second-order valence-electron chi connectivity index (χ2n) is 7.82. The molecule has 0 radical (unpaired) electrons. The normalized spacial score (nSPS) is 11.9. The number of benzene rings is 3. The molecule has 0 spiro atoms. The molecule has 4 rings (SSSR count). The van der Waals surface area contributed by atoms with Gasteiger partial charge in [-0.2, -0.15) is 0 Å². The van der Waals surface area contributed by atoms with Crippen molar-refractivity contribution >= 4 is 56.9 Å². The summed E-state index contributed by atoms with van der Waals surface area (Å²) >= 11 is 6.01. The van der Waals surface area contributed by atoms with E-state index in [0.29, 0.717) is 5.69 Å². The van der Waals surface area contributed by atoms with Gasteiger partial charge in [0.1, 0.15) is 6.04 Å². The molecule has 8 heteroatoms. The molecule has 1 heterocycles. The number of anilines is 1. The fraction of sp³-hybridized carbons (Fsp3) is 0.192. The molecule has 0 unspecified atom stereocenters. The number of amides is 2. The van der Waals surface area contributed by atoms with Crippen molar-refractivity contribution < 1.29 is 19.1 Å². The second-order valence-corrected chi connectivity index (χ2v) is 8.23. The number of hydrogen-bond donors (Lipinski definition) is 2. The maximum atomic E-state index is 12.4. The lowest BCUT2D eigenvalue weighted by Gasteiger charge is -2.14. The van der Waals surface area contributed by atoms with Crippen LogP contribution in [0.2, 0.25) is 5.02 Å². The zero-order valence-electron chi connectivity index (χ0n) is 18.8. The van der Waals surface area contributed by atoms with Gasteiger partial charge in [-0.25, -0.2) is 4.79 Å². The molecule has 34 heavy (non-hydrogen) atoms. The Morgan fingerprint density at radius 2 is 1.68 bits per heavy atom. The fourth-order valence-corrected chi connectivity index (χ4v) is 4.13. The van der Waals surface area contributed by atoms with E-state index in [-0.39, 0.29) is 10.6 Å². The van der Waals surface area contributed by atoms with Gasteiger partial charge in [0.15, 0.2) is 6.61 Å². The number of fused-ring (bicyclic) bond motifs is 3. The van der Waals surface area contributed by atoms with Crippen molar-refractivity contribution in [2.45, 2.75) is 26.4 Å². The molecule has 4 aromatic rings. The highest BCUT2D eigenvalue weighted by Gasteiger charge is 2.20. The van der Waals surface area contributed by atoms with Gasteiger partial charge in [-0.3, -0.25) is 9.59 Å². The van der Waals surface area contributed by atoms with Crippen LogP contribution >= 0.6 is 11.6 Å². The van der Waals surface area contributed by atoms with Gasteiger partial charge < -0.3 is 19.9 Å². The van der Waals surface area contributed by atoms with Crippen molar-refractivity contribution in [1.29, 1.82) is 0 Å². The predicted octanol–water partition coefficient (Wildman–Crippen LogP) is 4.77. The summed E-state index contributed by atoms with van der Waals surface area (Å²) < 4.78 is 7.30. The lowest BCUT2D eigenvalue weighted by Crippen LogP contribution is -2.40. The molecule has 0 bridgehead atoms. The van der Waals surface area contributed by atoms with Crippen molar-refractivity contribution in [3.8, 4) is 0 Å². The fourth-order valence-electron chi connectivity index (χ4n) is 3.91. The highest BCUT2D eigenvalue weighted by Crippen LogP contribution is 2.30. The number of esters is 1. The number of aromatic nitrogens is 1. The summed E-state index contributed by atoms with van der Waals surface area (Å²) in [6, 6.07) is 19.4. The number of halogens is 1. The number of carbonyl (C=O) groups is 3. The van der Waals surface area contributed by atoms with Gasteiger partial charge in [-0.15, -0.1) is 0 Å². The molecule has 2 amide bonds. The molecule has 174 valence electrons. The van der Waals surface area contributed by atoms with Crippen LogP contribution in [0.15, 0.2) is 66.7 Å². The Kier molecular flexibility index (Phi) is 6.84. The number of carbonyl (C=O) groups excluding carboxylic acids is 3. The van der Waals surface area contributed by atoms with E-state index >= 15 is 0 Å². The van der Waals surface area contributed by atoms with Crippen LogP contribution in [-0.2, 0) is 20.9 Å². The van der Waals surface area contributed by atoms with Gasteiger partial charge in [0, 0.05) is 34.0 Å². The highest BCUT2D eigenvalue weighted by atomic mass is 35.5. The third-order valence-corrected chi connectivity index (χ3v) is 5.87. The maximum Gasteiger partial charge on any atom is 0.328 e. The minimum absolute atomic E-state index is 0.251. The van der Waals surface area contributed by atoms with Crippen LogP contribution in [0.3, 0.4) is 0 Å². The van der Waals surface area contributed by atoms with E-state index in [9.17, 15) is 14.4 Å². The average molecular weight is 478 g/mol. The Morgan fingerprint density at radius 3 is 2.44 bits per heavy atom. The molecular weight excluding hydrogens is 454 g/mol. The monoisotopic (exact) mass is 477 g/mol. The Bertz CT molecular complexity index is 1400. The molecule has 0 aliphatic rings. The van der Waals surface area contributed by atoms with Gasteiger partial charge in [0.2, 0.25) is 0 Å². The first kappa shape index (κ1) is 23.3. The van der Waals surface area contributed by atoms with Gasteiger partial charge in [-0.05, 0) is 50.2 Å². The Morgan fingerprint density at radius 1 is 0.971 bits per heavy atom. The minimum Gasteiger partial charge on any atom is -0.454 e. The van der Waals surface area contributed by atoms with E-state index < -0.39 is 30.4 Å². The molecule has 0 aliphatic heterocycles. The summed E-state index contributed by atoms with van der Waals surface area (Å²) in [4.78, 5) is 36.9. The Balaban J connectivity index is 1.37. The molecule has 3 aromatic carbocycles. The number of nitrogens with one attached hydrogen (secondary N) is 2. The van der Waals surface area contributed by atoms with E-state index in [4.69, 9.17) is 16.3 Å². The molecular formula is C26H24ClN3O4. The van der Waals surface area contributed by atoms with Crippen LogP contribution in [0.25, 0.3) is 21.8 Å². The lowest BCUT2D eigenvalue weighted by atomic mass is 10.1. The molecule has 0 saturated heterocycles. The second kappa shape index (κ2) is 9.97. The first-order valence-corrected chi connectivity index (χ1v) is 11.3. The molecule has 0 saturated carbocycles. The van der Waals surface area contributed by atoms with E-state index in [0.717, 1.165) is 28.4 Å². The van der Waals surface area contributed by atoms with Crippen LogP contribution in [0.5, 0.6) is 0 Å². The lowest BCUT2D eigenvalue weighted by molar-refractivity contribution is -0.148. The van der Waals surface area contributed by atoms with E-state index in [1.165, 1.54) is 6.92 Å². The van der Waals surface area contributed by atoms with E-state index in [2.05, 4.69) is 34.3 Å². The molecule has 1 aromatic heterocycles. The number of ether oxygens (including phenoxy) is 1. The molecule has 2 N–H and O–H groups in total. The van der Waals surface area contributed by atoms with Gasteiger partial charge >= 0.3 is 5.97 Å². The summed E-state index contributed by atoms with van der Waals surface area (Å²) in [5, 5.41) is 7.70. The number of aryl methyl sites for hydroxylation is 1. The van der Waals surface area contributed by atoms with Crippen molar-refractivity contribution in [2.24, 2.45) is 0 Å². The van der Waals surface area contributed by atoms with Crippen molar-refractivity contribution in [3.63, 3.8) is 0 Å². The summed E-state index contributed by atoms with van der Waals surface area (Å²) in [6.07, 6.45) is 0. The Hall–Kier alpha value is -3.84. The zero-order chi connectivity index (χ0) is 24.2. The minimum atomic E-state index is -0.951. The van der Waals surface area contributed by atoms with Gasteiger partial charge in [0.25, 0.3) is 11.8 Å². The topological polar surface area (TPSA) is 89.4 Å². The number of para-hydroxylation sites is 1. The largest absolute Gasteiger partial charge is 0.454 e. The molecule has 0 aliphatic carbocycles. The first-order valence-electron chi connectivity index (χ1n) is 10.9. The third kappa shape index (κ3) is 4.75. The van der Waals surface area contributed by atoms with Crippen LogP contribution in [0.4, 0.5) is 5.69 Å². The summed E-state index contributed by atoms with van der Waals surface area (Å²) in [7, 11) is 0. The Labute approximate surface area is 201 Å². The van der Waals surface area contributed by atoms with Crippen molar-refractivity contribution in [1.82, 2.24) is 9.88 Å². The molecule has 7 nitrogen and oxygen atoms in total. The van der Waals surface area contributed by atoms with E-state index in [1.807, 2.05) is 30.3 Å². The van der Waals surface area contributed by atoms with Crippen LogP contribution < -0.4 is 10.6 Å². The van der Waals surface area contributed by atoms with E-state index in [1.54, 1.807) is 24.3 Å². The van der Waals surface area contributed by atoms with Gasteiger partial charge in [-0.1, -0.05) is 41.9 Å².